The van der Waals surface area contributed by atoms with Crippen molar-refractivity contribution in [3.63, 3.8) is 0 Å². The highest BCUT2D eigenvalue weighted by molar-refractivity contribution is 7.71. The van der Waals surface area contributed by atoms with Crippen molar-refractivity contribution in [1.29, 1.82) is 0 Å². The van der Waals surface area contributed by atoms with Crippen LogP contribution in [-0.4, -0.2) is 43.5 Å². The Balaban J connectivity index is 1.68. The molecule has 0 spiro atoms. The maximum atomic E-state index is 13.4. The number of aromatic nitrogens is 3. The van der Waals surface area contributed by atoms with Crippen LogP contribution in [0.5, 0.6) is 0 Å². The van der Waals surface area contributed by atoms with Gasteiger partial charge in [-0.3, -0.25) is 9.47 Å². The molecule has 0 atom stereocenters. The van der Waals surface area contributed by atoms with E-state index in [0.717, 1.165) is 43.0 Å². The van der Waals surface area contributed by atoms with E-state index >= 15 is 0 Å². The molecule has 1 saturated heterocycles. The van der Waals surface area contributed by atoms with Gasteiger partial charge in [-0.2, -0.15) is 5.10 Å². The van der Waals surface area contributed by atoms with Crippen molar-refractivity contribution < 1.29 is 9.50 Å². The lowest BCUT2D eigenvalue weighted by Gasteiger charge is -2.28. The Bertz CT molecular complexity index is 976. The smallest absolute Gasteiger partial charge is 0.203 e. The minimum Gasteiger partial charge on any atom is -0.393 e. The van der Waals surface area contributed by atoms with E-state index in [0.29, 0.717) is 17.9 Å². The molecule has 7 heteroatoms. The summed E-state index contributed by atoms with van der Waals surface area (Å²) in [6, 6.07) is 16.4. The van der Waals surface area contributed by atoms with Crippen molar-refractivity contribution in [1.82, 2.24) is 19.2 Å². The highest BCUT2D eigenvalue weighted by Crippen LogP contribution is 2.18. The first kappa shape index (κ1) is 19.0. The van der Waals surface area contributed by atoms with Gasteiger partial charge in [-0.05, 0) is 54.9 Å². The third kappa shape index (κ3) is 4.22. The number of rotatable bonds is 5. The molecule has 0 amide bonds. The Morgan fingerprint density at radius 2 is 1.71 bits per heavy atom. The summed E-state index contributed by atoms with van der Waals surface area (Å²) in [5, 5.41) is 14.5. The predicted octanol–water partition coefficient (Wildman–Crippen LogP) is 3.55. The molecule has 0 unspecified atom stereocenters. The van der Waals surface area contributed by atoms with Gasteiger partial charge in [0, 0.05) is 25.2 Å². The first-order chi connectivity index (χ1) is 13.6. The van der Waals surface area contributed by atoms with Crippen LogP contribution in [0.3, 0.4) is 0 Å². The maximum absolute atomic E-state index is 13.4. The largest absolute Gasteiger partial charge is 0.393 e. The summed E-state index contributed by atoms with van der Waals surface area (Å²) < 4.78 is 17.7. The Morgan fingerprint density at radius 1 is 1.04 bits per heavy atom. The first-order valence-corrected chi connectivity index (χ1v) is 9.90. The molecule has 5 nitrogen and oxygen atoms in total. The molecule has 2 aromatic carbocycles. The van der Waals surface area contributed by atoms with E-state index in [1.54, 1.807) is 12.1 Å². The summed E-state index contributed by atoms with van der Waals surface area (Å²) in [4.78, 5) is 2.25. The van der Waals surface area contributed by atoms with Crippen LogP contribution in [0, 0.1) is 10.6 Å². The normalized spacial score (nSPS) is 15.8. The van der Waals surface area contributed by atoms with E-state index in [1.807, 2.05) is 27.4 Å². The fourth-order valence-electron chi connectivity index (χ4n) is 3.54. The van der Waals surface area contributed by atoms with E-state index in [2.05, 4.69) is 17.0 Å². The summed E-state index contributed by atoms with van der Waals surface area (Å²) in [6.45, 7) is 2.22. The molecular formula is C21H23FN4OS. The number of hydrogen-bond donors (Lipinski definition) is 1. The van der Waals surface area contributed by atoms with Crippen LogP contribution >= 0.6 is 12.2 Å². The average molecular weight is 399 g/mol. The molecule has 2 heterocycles. The molecule has 1 fully saturated rings. The fraction of sp³-hybridized carbons (Fsp3) is 0.333. The number of likely N-dealkylation sites (tertiary alicyclic amines) is 1. The molecule has 4 rings (SSSR count). The van der Waals surface area contributed by atoms with Crippen LogP contribution in [0.25, 0.3) is 5.69 Å². The summed E-state index contributed by atoms with van der Waals surface area (Å²) in [6.07, 6.45) is 1.95. The van der Waals surface area contributed by atoms with Crippen molar-refractivity contribution >= 4 is 12.2 Å². The zero-order valence-electron chi connectivity index (χ0n) is 15.5. The Morgan fingerprint density at radius 3 is 2.39 bits per heavy atom. The van der Waals surface area contributed by atoms with Gasteiger partial charge < -0.3 is 5.11 Å². The predicted molar refractivity (Wildman–Crippen MR) is 108 cm³/mol. The summed E-state index contributed by atoms with van der Waals surface area (Å²) in [7, 11) is 0. The second-order valence-corrected chi connectivity index (χ2v) is 7.53. The van der Waals surface area contributed by atoms with E-state index < -0.39 is 0 Å². The first-order valence-electron chi connectivity index (χ1n) is 9.49. The lowest BCUT2D eigenvalue weighted by Crippen LogP contribution is -2.37. The van der Waals surface area contributed by atoms with Gasteiger partial charge in [0.2, 0.25) is 4.77 Å². The molecular weight excluding hydrogens is 375 g/mol. The number of benzene rings is 2. The molecule has 146 valence electrons. The van der Waals surface area contributed by atoms with E-state index in [1.165, 1.54) is 12.1 Å². The highest BCUT2D eigenvalue weighted by atomic mass is 32.1. The van der Waals surface area contributed by atoms with Crippen LogP contribution in [-0.2, 0) is 13.1 Å². The molecule has 0 aliphatic carbocycles. The number of hydrogen-bond acceptors (Lipinski definition) is 4. The molecule has 1 aliphatic rings. The van der Waals surface area contributed by atoms with Gasteiger partial charge in [-0.25, -0.2) is 9.07 Å². The number of piperidine rings is 1. The Labute approximate surface area is 168 Å². The molecule has 0 bridgehead atoms. The van der Waals surface area contributed by atoms with Crippen LogP contribution in [0.2, 0.25) is 0 Å². The van der Waals surface area contributed by atoms with Crippen molar-refractivity contribution in [3.8, 4) is 5.69 Å². The van der Waals surface area contributed by atoms with Gasteiger partial charge in [-0.15, -0.1) is 0 Å². The molecule has 1 aliphatic heterocycles. The topological polar surface area (TPSA) is 46.2 Å². The molecule has 28 heavy (non-hydrogen) atoms. The summed E-state index contributed by atoms with van der Waals surface area (Å²) in [5.41, 5.74) is 1.94. The van der Waals surface area contributed by atoms with Gasteiger partial charge in [0.1, 0.15) is 11.6 Å². The van der Waals surface area contributed by atoms with Crippen molar-refractivity contribution in [3.05, 3.63) is 76.6 Å². The van der Waals surface area contributed by atoms with Gasteiger partial charge >= 0.3 is 0 Å². The minimum absolute atomic E-state index is 0.213. The second-order valence-electron chi connectivity index (χ2n) is 7.16. The quantitative estimate of drug-likeness (QED) is 0.668. The highest BCUT2D eigenvalue weighted by Gasteiger charge is 2.19. The van der Waals surface area contributed by atoms with Crippen molar-refractivity contribution in [2.24, 2.45) is 0 Å². The van der Waals surface area contributed by atoms with Crippen LogP contribution in [0.1, 0.15) is 24.2 Å². The monoisotopic (exact) mass is 398 g/mol. The van der Waals surface area contributed by atoms with Gasteiger partial charge in [0.05, 0.1) is 12.8 Å². The molecule has 0 radical (unpaired) electrons. The third-order valence-corrected chi connectivity index (χ3v) is 5.48. The maximum Gasteiger partial charge on any atom is 0.203 e. The SMILES string of the molecule is OC1CCN(Cn2nc(Cc3ccccc3)n(-c3ccc(F)cc3)c2=S)CC1. The van der Waals surface area contributed by atoms with Gasteiger partial charge in [0.25, 0.3) is 0 Å². The third-order valence-electron chi connectivity index (χ3n) is 5.09. The van der Waals surface area contributed by atoms with Crippen molar-refractivity contribution in [2.75, 3.05) is 13.1 Å². The van der Waals surface area contributed by atoms with E-state index in [4.69, 9.17) is 17.3 Å². The Kier molecular flexibility index (Phi) is 5.66. The Hall–Kier alpha value is -2.35. The zero-order valence-corrected chi connectivity index (χ0v) is 16.4. The number of aliphatic hydroxyl groups is 1. The number of halogens is 1. The minimum atomic E-state index is -0.279. The zero-order chi connectivity index (χ0) is 19.5. The fourth-order valence-corrected chi connectivity index (χ4v) is 3.85. The molecule has 0 saturated carbocycles. The van der Waals surface area contributed by atoms with E-state index in [-0.39, 0.29) is 11.9 Å². The van der Waals surface area contributed by atoms with Crippen LogP contribution in [0.4, 0.5) is 4.39 Å². The lowest BCUT2D eigenvalue weighted by atomic mass is 10.1. The van der Waals surface area contributed by atoms with Gasteiger partial charge in [-0.1, -0.05) is 30.3 Å². The molecule has 3 aromatic rings. The van der Waals surface area contributed by atoms with Crippen LogP contribution in [0.15, 0.2) is 54.6 Å². The number of aliphatic hydroxyl groups excluding tert-OH is 1. The lowest BCUT2D eigenvalue weighted by molar-refractivity contribution is 0.0650. The second kappa shape index (κ2) is 8.34. The van der Waals surface area contributed by atoms with Crippen LogP contribution < -0.4 is 0 Å². The average Bonchev–Trinajstić information content (AvgIpc) is 3.00. The summed E-state index contributed by atoms with van der Waals surface area (Å²) >= 11 is 5.73. The molecule has 1 N–H and O–H groups in total. The van der Waals surface area contributed by atoms with Crippen molar-refractivity contribution in [2.45, 2.75) is 32.0 Å². The molecule has 1 aromatic heterocycles. The standard InChI is InChI=1S/C21H23FN4OS/c22-17-6-8-18(9-7-17)26-20(14-16-4-2-1-3-5-16)23-25(21(26)28)15-24-12-10-19(27)11-13-24/h1-9,19,27H,10-15H2. The number of nitrogens with zero attached hydrogens (tertiary/aromatic N) is 4. The summed E-state index contributed by atoms with van der Waals surface area (Å²) in [5.74, 6) is 0.541. The van der Waals surface area contributed by atoms with E-state index in [9.17, 15) is 9.50 Å². The van der Waals surface area contributed by atoms with Gasteiger partial charge in [0.15, 0.2) is 0 Å².